The molecule has 0 bridgehead atoms. The second-order valence-electron chi connectivity index (χ2n) is 4.45. The van der Waals surface area contributed by atoms with Crippen LogP contribution in [-0.4, -0.2) is 32.1 Å². The van der Waals surface area contributed by atoms with Gasteiger partial charge in [0.25, 0.3) is 0 Å². The second-order valence-corrected chi connectivity index (χ2v) is 6.17. The molecule has 1 aromatic rings. The summed E-state index contributed by atoms with van der Waals surface area (Å²) < 4.78 is 26.7. The Morgan fingerprint density at radius 3 is 2.84 bits per heavy atom. The fourth-order valence-electron chi connectivity index (χ4n) is 1.91. The summed E-state index contributed by atoms with van der Waals surface area (Å²) in [6.07, 6.45) is 0.691. The molecule has 0 saturated heterocycles. The van der Waals surface area contributed by atoms with E-state index in [1.165, 1.54) is 12.1 Å². The van der Waals surface area contributed by atoms with E-state index in [4.69, 9.17) is 5.11 Å². The summed E-state index contributed by atoms with van der Waals surface area (Å²) in [6.45, 7) is 1.54. The second kappa shape index (κ2) is 5.28. The molecule has 0 aromatic heterocycles. The number of aliphatic hydroxyl groups excluding tert-OH is 1. The van der Waals surface area contributed by atoms with Gasteiger partial charge in [0.15, 0.2) is 0 Å². The van der Waals surface area contributed by atoms with Gasteiger partial charge in [0.05, 0.1) is 17.9 Å². The van der Waals surface area contributed by atoms with Gasteiger partial charge >= 0.3 is 0 Å². The molecule has 0 radical (unpaired) electrons. The number of fused-ring (bicyclic) bond motifs is 1. The Hall–Kier alpha value is -1.44. The van der Waals surface area contributed by atoms with Gasteiger partial charge in [0, 0.05) is 11.7 Å². The van der Waals surface area contributed by atoms with Crippen molar-refractivity contribution in [3.8, 4) is 0 Å². The van der Waals surface area contributed by atoms with E-state index in [0.717, 1.165) is 0 Å². The summed E-state index contributed by atoms with van der Waals surface area (Å²) in [5.41, 5.74) is 1.32. The smallest absolute Gasteiger partial charge is 0.240 e. The quantitative estimate of drug-likeness (QED) is 0.721. The standard InChI is InChI=1S/C12H16N2O4S/c1-2-9(7-15)14-19(17,18)10-3-4-11-8(5-10)6-12(16)13-11/h3-5,9,14-15H,2,6-7H2,1H3,(H,13,16)/t9-/m0/s1. The van der Waals surface area contributed by atoms with Gasteiger partial charge in [-0.1, -0.05) is 6.92 Å². The molecule has 0 unspecified atom stereocenters. The highest BCUT2D eigenvalue weighted by Crippen LogP contribution is 2.25. The number of nitrogens with one attached hydrogen (secondary N) is 2. The average Bonchev–Trinajstić information content (AvgIpc) is 2.74. The molecule has 0 saturated carbocycles. The summed E-state index contributed by atoms with van der Waals surface area (Å²) in [4.78, 5) is 11.3. The maximum Gasteiger partial charge on any atom is 0.240 e. The molecule has 1 atom stereocenters. The first-order chi connectivity index (χ1) is 8.96. The van der Waals surface area contributed by atoms with Crippen LogP contribution in [0.25, 0.3) is 0 Å². The maximum absolute atomic E-state index is 12.1. The fraction of sp³-hybridized carbons (Fsp3) is 0.417. The van der Waals surface area contributed by atoms with Crippen molar-refractivity contribution >= 4 is 21.6 Å². The van der Waals surface area contributed by atoms with E-state index in [-0.39, 0.29) is 23.8 Å². The molecular formula is C12H16N2O4S. The molecule has 1 aliphatic rings. The Balaban J connectivity index is 2.27. The Labute approximate surface area is 111 Å². The zero-order chi connectivity index (χ0) is 14.0. The normalized spacial score (nSPS) is 16.0. The fourth-order valence-corrected chi connectivity index (χ4v) is 3.27. The van der Waals surface area contributed by atoms with Crippen LogP contribution < -0.4 is 10.0 Å². The third-order valence-electron chi connectivity index (χ3n) is 3.05. The van der Waals surface area contributed by atoms with Crippen molar-refractivity contribution < 1.29 is 18.3 Å². The number of anilines is 1. The number of carbonyl (C=O) groups is 1. The minimum atomic E-state index is -3.67. The highest BCUT2D eigenvalue weighted by atomic mass is 32.2. The third kappa shape index (κ3) is 2.94. The first-order valence-electron chi connectivity index (χ1n) is 6.02. The minimum Gasteiger partial charge on any atom is -0.395 e. The van der Waals surface area contributed by atoms with Gasteiger partial charge in [-0.2, -0.15) is 0 Å². The predicted molar refractivity (Wildman–Crippen MR) is 70.3 cm³/mol. The molecule has 0 spiro atoms. The predicted octanol–water partition coefficient (Wildman–Crippen LogP) is 0.230. The number of hydrogen-bond donors (Lipinski definition) is 3. The maximum atomic E-state index is 12.1. The molecule has 104 valence electrons. The topological polar surface area (TPSA) is 95.5 Å². The molecule has 2 rings (SSSR count). The van der Waals surface area contributed by atoms with Gasteiger partial charge in [-0.25, -0.2) is 13.1 Å². The average molecular weight is 284 g/mol. The van der Waals surface area contributed by atoms with Gasteiger partial charge in [-0.3, -0.25) is 4.79 Å². The van der Waals surface area contributed by atoms with E-state index in [1.807, 2.05) is 0 Å². The molecule has 19 heavy (non-hydrogen) atoms. The number of carbonyl (C=O) groups excluding carboxylic acids is 1. The first-order valence-corrected chi connectivity index (χ1v) is 7.50. The lowest BCUT2D eigenvalue weighted by atomic mass is 10.2. The van der Waals surface area contributed by atoms with Crippen LogP contribution >= 0.6 is 0 Å². The molecule has 1 amide bonds. The third-order valence-corrected chi connectivity index (χ3v) is 4.57. The first kappa shape index (κ1) is 14.0. The summed E-state index contributed by atoms with van der Waals surface area (Å²) in [7, 11) is -3.67. The van der Waals surface area contributed by atoms with Crippen molar-refractivity contribution in [2.75, 3.05) is 11.9 Å². The number of amides is 1. The molecular weight excluding hydrogens is 268 g/mol. The highest BCUT2D eigenvalue weighted by molar-refractivity contribution is 7.89. The van der Waals surface area contributed by atoms with Crippen LogP contribution in [0.4, 0.5) is 5.69 Å². The van der Waals surface area contributed by atoms with E-state index < -0.39 is 16.1 Å². The van der Waals surface area contributed by atoms with Crippen LogP contribution in [0.3, 0.4) is 0 Å². The van der Waals surface area contributed by atoms with Crippen LogP contribution in [0.1, 0.15) is 18.9 Å². The molecule has 7 heteroatoms. The summed E-state index contributed by atoms with van der Waals surface area (Å²) >= 11 is 0. The lowest BCUT2D eigenvalue weighted by Gasteiger charge is -2.14. The Bertz CT molecular complexity index is 594. The van der Waals surface area contributed by atoms with Crippen molar-refractivity contribution in [2.24, 2.45) is 0 Å². The van der Waals surface area contributed by atoms with Crippen molar-refractivity contribution in [3.63, 3.8) is 0 Å². The van der Waals surface area contributed by atoms with Crippen molar-refractivity contribution in [1.29, 1.82) is 0 Å². The minimum absolute atomic E-state index is 0.106. The molecule has 1 heterocycles. The van der Waals surface area contributed by atoms with Crippen molar-refractivity contribution in [1.82, 2.24) is 4.72 Å². The van der Waals surface area contributed by atoms with E-state index >= 15 is 0 Å². The molecule has 1 aromatic carbocycles. The molecule has 0 fully saturated rings. The van der Waals surface area contributed by atoms with Gasteiger partial charge < -0.3 is 10.4 Å². The van der Waals surface area contributed by atoms with Crippen LogP contribution in [-0.2, 0) is 21.2 Å². The summed E-state index contributed by atoms with van der Waals surface area (Å²) in [6, 6.07) is 4.00. The number of hydrogen-bond acceptors (Lipinski definition) is 4. The monoisotopic (exact) mass is 284 g/mol. The van der Waals surface area contributed by atoms with E-state index in [0.29, 0.717) is 17.7 Å². The van der Waals surface area contributed by atoms with E-state index in [2.05, 4.69) is 10.0 Å². The Morgan fingerprint density at radius 1 is 1.47 bits per heavy atom. The number of aliphatic hydroxyl groups is 1. The van der Waals surface area contributed by atoms with Crippen LogP contribution in [0.5, 0.6) is 0 Å². The summed E-state index contributed by atoms with van der Waals surface area (Å²) in [5.74, 6) is -0.140. The van der Waals surface area contributed by atoms with Crippen LogP contribution in [0.2, 0.25) is 0 Å². The van der Waals surface area contributed by atoms with E-state index in [9.17, 15) is 13.2 Å². The van der Waals surface area contributed by atoms with E-state index in [1.54, 1.807) is 13.0 Å². The zero-order valence-electron chi connectivity index (χ0n) is 10.5. The van der Waals surface area contributed by atoms with Gasteiger partial charge in [-0.05, 0) is 30.2 Å². The van der Waals surface area contributed by atoms with Gasteiger partial charge in [0.1, 0.15) is 0 Å². The highest BCUT2D eigenvalue weighted by Gasteiger charge is 2.23. The van der Waals surface area contributed by atoms with Gasteiger partial charge in [0.2, 0.25) is 15.9 Å². The largest absolute Gasteiger partial charge is 0.395 e. The zero-order valence-corrected chi connectivity index (χ0v) is 11.3. The molecule has 6 nitrogen and oxygen atoms in total. The lowest BCUT2D eigenvalue weighted by molar-refractivity contribution is -0.115. The number of sulfonamides is 1. The van der Waals surface area contributed by atoms with Crippen molar-refractivity contribution in [3.05, 3.63) is 23.8 Å². The van der Waals surface area contributed by atoms with Gasteiger partial charge in [-0.15, -0.1) is 0 Å². The van der Waals surface area contributed by atoms with Crippen LogP contribution in [0.15, 0.2) is 23.1 Å². The lowest BCUT2D eigenvalue weighted by Crippen LogP contribution is -2.36. The molecule has 1 aliphatic heterocycles. The number of benzene rings is 1. The number of rotatable bonds is 5. The molecule has 3 N–H and O–H groups in total. The molecule has 0 aliphatic carbocycles. The Kier molecular flexibility index (Phi) is 3.88. The summed E-state index contributed by atoms with van der Waals surface area (Å²) in [5, 5.41) is 11.7. The Morgan fingerprint density at radius 2 is 2.21 bits per heavy atom. The van der Waals surface area contributed by atoms with Crippen LogP contribution in [0, 0.1) is 0 Å². The SMILES string of the molecule is CC[C@@H](CO)NS(=O)(=O)c1ccc2c(c1)CC(=O)N2. The van der Waals surface area contributed by atoms with Crippen molar-refractivity contribution in [2.45, 2.75) is 30.7 Å².